The summed E-state index contributed by atoms with van der Waals surface area (Å²) in [4.78, 5) is 18.8. The summed E-state index contributed by atoms with van der Waals surface area (Å²) in [6.45, 7) is 9.78. The molecule has 0 radical (unpaired) electrons. The smallest absolute Gasteiger partial charge is 0.261 e. The van der Waals surface area contributed by atoms with Gasteiger partial charge in [0.1, 0.15) is 5.00 Å². The molecule has 33 heavy (non-hydrogen) atoms. The summed E-state index contributed by atoms with van der Waals surface area (Å²) in [5.41, 5.74) is 2.22. The summed E-state index contributed by atoms with van der Waals surface area (Å²) < 4.78 is 28.3. The highest BCUT2D eigenvalue weighted by atomic mass is 32.1. The van der Waals surface area contributed by atoms with Crippen molar-refractivity contribution in [1.82, 2.24) is 10.1 Å². The maximum atomic E-state index is 13.3. The number of anilines is 1. The fourth-order valence-electron chi connectivity index (χ4n) is 3.64. The molecule has 0 saturated heterocycles. The number of carbonyl (C=O) groups is 1. The molecular formula is C23H27N3O6S. The molecule has 0 spiro atoms. The number of nitrogens with zero attached hydrogens (tertiary/aromatic N) is 2. The van der Waals surface area contributed by atoms with Gasteiger partial charge in [0.2, 0.25) is 5.75 Å². The molecule has 9 nitrogen and oxygen atoms in total. The number of ether oxygens (including phenoxy) is 4. The summed E-state index contributed by atoms with van der Waals surface area (Å²) in [5, 5.41) is 7.59. The topological polar surface area (TPSA) is 105 Å². The number of thiophene rings is 1. The predicted octanol–water partition coefficient (Wildman–Crippen LogP) is 4.63. The Labute approximate surface area is 196 Å². The van der Waals surface area contributed by atoms with Crippen LogP contribution in [-0.2, 0) is 17.8 Å². The average Bonchev–Trinajstić information content (AvgIpc) is 3.38. The quantitative estimate of drug-likeness (QED) is 0.480. The van der Waals surface area contributed by atoms with Crippen molar-refractivity contribution in [1.29, 1.82) is 0 Å². The van der Waals surface area contributed by atoms with Gasteiger partial charge in [0.05, 0.1) is 38.6 Å². The van der Waals surface area contributed by atoms with Crippen LogP contribution >= 0.6 is 11.3 Å². The molecule has 3 aromatic rings. The van der Waals surface area contributed by atoms with Gasteiger partial charge in [-0.3, -0.25) is 4.79 Å². The molecule has 0 fully saturated rings. The Hall–Kier alpha value is -3.11. The van der Waals surface area contributed by atoms with Crippen LogP contribution in [0, 0.1) is 6.92 Å². The van der Waals surface area contributed by atoms with E-state index in [9.17, 15) is 4.79 Å². The molecule has 0 bridgehead atoms. The molecule has 1 amide bonds. The second-order valence-electron chi connectivity index (χ2n) is 7.21. The summed E-state index contributed by atoms with van der Waals surface area (Å²) in [5.74, 6) is 2.02. The second-order valence-corrected chi connectivity index (χ2v) is 8.32. The number of rotatable bonds is 9. The molecule has 0 atom stereocenters. The fourth-order valence-corrected chi connectivity index (χ4v) is 4.81. The average molecular weight is 474 g/mol. The Kier molecular flexibility index (Phi) is 7.14. The third kappa shape index (κ3) is 4.81. The van der Waals surface area contributed by atoms with Crippen molar-refractivity contribution in [2.24, 2.45) is 0 Å². The number of benzene rings is 1. The number of hydrogen-bond donors (Lipinski definition) is 1. The van der Waals surface area contributed by atoms with Crippen molar-refractivity contribution >= 4 is 22.2 Å². The Balaban J connectivity index is 1.72. The van der Waals surface area contributed by atoms with Crippen LogP contribution in [0.5, 0.6) is 17.2 Å². The molecule has 4 rings (SSSR count). The lowest BCUT2D eigenvalue weighted by Gasteiger charge is -2.17. The molecule has 1 aliphatic rings. The summed E-state index contributed by atoms with van der Waals surface area (Å²) in [6.07, 6.45) is 0.713. The second kappa shape index (κ2) is 10.2. The van der Waals surface area contributed by atoms with Crippen molar-refractivity contribution in [3.8, 4) is 28.7 Å². The maximum Gasteiger partial charge on any atom is 0.261 e. The van der Waals surface area contributed by atoms with Gasteiger partial charge in [-0.15, -0.1) is 11.3 Å². The van der Waals surface area contributed by atoms with Gasteiger partial charge in [-0.05, 0) is 51.8 Å². The summed E-state index contributed by atoms with van der Waals surface area (Å²) in [7, 11) is 0. The Morgan fingerprint density at radius 2 is 1.82 bits per heavy atom. The molecular weight excluding hydrogens is 446 g/mol. The lowest BCUT2D eigenvalue weighted by atomic mass is 10.1. The minimum absolute atomic E-state index is 0.308. The zero-order valence-corrected chi connectivity index (χ0v) is 20.0. The standard InChI is InChI=1S/C23H27N3O6S/c1-5-29-16-10-14(11-17(30-6-2)20(16)31-7-3)21(27)25-23-19(22-24-13(4)26-32-22)15-8-9-28-12-18(15)33-23/h10-11H,5-9,12H2,1-4H3,(H,25,27). The fraction of sp³-hybridized carbons (Fsp3) is 0.435. The van der Waals surface area contributed by atoms with Gasteiger partial charge in [0, 0.05) is 10.4 Å². The Bertz CT molecular complexity index is 1110. The van der Waals surface area contributed by atoms with Gasteiger partial charge in [-0.25, -0.2) is 0 Å². The normalized spacial score (nSPS) is 12.8. The summed E-state index contributed by atoms with van der Waals surface area (Å²) in [6, 6.07) is 3.33. The molecule has 2 aromatic heterocycles. The molecule has 176 valence electrons. The van der Waals surface area contributed by atoms with E-state index in [0.717, 1.165) is 16.0 Å². The predicted molar refractivity (Wildman–Crippen MR) is 124 cm³/mol. The van der Waals surface area contributed by atoms with E-state index < -0.39 is 0 Å². The monoisotopic (exact) mass is 473 g/mol. The van der Waals surface area contributed by atoms with E-state index >= 15 is 0 Å². The molecule has 0 aliphatic carbocycles. The van der Waals surface area contributed by atoms with Gasteiger partial charge in [-0.1, -0.05) is 5.16 Å². The van der Waals surface area contributed by atoms with E-state index in [4.69, 9.17) is 23.5 Å². The lowest BCUT2D eigenvalue weighted by Crippen LogP contribution is -2.13. The Morgan fingerprint density at radius 1 is 1.12 bits per heavy atom. The molecule has 3 heterocycles. The largest absolute Gasteiger partial charge is 0.490 e. The third-order valence-electron chi connectivity index (χ3n) is 4.96. The number of amides is 1. The van der Waals surface area contributed by atoms with Crippen LogP contribution in [0.2, 0.25) is 0 Å². The zero-order chi connectivity index (χ0) is 23.4. The van der Waals surface area contributed by atoms with Crippen LogP contribution in [0.3, 0.4) is 0 Å². The SMILES string of the molecule is CCOc1cc(C(=O)Nc2sc3c(c2-c2nc(C)no2)CCOC3)cc(OCC)c1OCC. The Morgan fingerprint density at radius 3 is 2.42 bits per heavy atom. The molecule has 10 heteroatoms. The zero-order valence-electron chi connectivity index (χ0n) is 19.1. The minimum Gasteiger partial charge on any atom is -0.490 e. The van der Waals surface area contributed by atoms with E-state index in [0.29, 0.717) is 79.0 Å². The van der Waals surface area contributed by atoms with Crippen LogP contribution in [0.25, 0.3) is 11.5 Å². The lowest BCUT2D eigenvalue weighted by molar-refractivity contribution is 0.102. The first-order chi connectivity index (χ1) is 16.0. The van der Waals surface area contributed by atoms with Crippen molar-refractivity contribution in [2.45, 2.75) is 40.7 Å². The first kappa shape index (κ1) is 23.1. The number of aryl methyl sites for hydroxylation is 1. The molecule has 1 aromatic carbocycles. The maximum absolute atomic E-state index is 13.3. The first-order valence-corrected chi connectivity index (χ1v) is 11.8. The van der Waals surface area contributed by atoms with E-state index in [1.54, 1.807) is 19.1 Å². The van der Waals surface area contributed by atoms with Crippen molar-refractivity contribution < 1.29 is 28.3 Å². The van der Waals surface area contributed by atoms with Crippen LogP contribution in [0.4, 0.5) is 5.00 Å². The first-order valence-electron chi connectivity index (χ1n) is 11.0. The molecule has 1 aliphatic heterocycles. The van der Waals surface area contributed by atoms with Crippen LogP contribution in [0.15, 0.2) is 16.7 Å². The van der Waals surface area contributed by atoms with Crippen molar-refractivity contribution in [2.75, 3.05) is 31.7 Å². The van der Waals surface area contributed by atoms with Crippen LogP contribution in [0.1, 0.15) is 47.4 Å². The number of aromatic nitrogens is 2. The van der Waals surface area contributed by atoms with Gasteiger partial charge >= 0.3 is 0 Å². The highest BCUT2D eigenvalue weighted by Gasteiger charge is 2.27. The van der Waals surface area contributed by atoms with Crippen LogP contribution in [-0.4, -0.2) is 42.5 Å². The van der Waals surface area contributed by atoms with E-state index in [-0.39, 0.29) is 5.91 Å². The molecule has 0 saturated carbocycles. The van der Waals surface area contributed by atoms with Gasteiger partial charge in [0.25, 0.3) is 11.8 Å². The van der Waals surface area contributed by atoms with Gasteiger partial charge in [0.15, 0.2) is 17.3 Å². The van der Waals surface area contributed by atoms with Crippen molar-refractivity contribution in [3.05, 3.63) is 34.0 Å². The number of hydrogen-bond acceptors (Lipinski definition) is 9. The van der Waals surface area contributed by atoms with Gasteiger partial charge < -0.3 is 28.8 Å². The molecule has 0 unspecified atom stereocenters. The van der Waals surface area contributed by atoms with Crippen LogP contribution < -0.4 is 19.5 Å². The van der Waals surface area contributed by atoms with Crippen molar-refractivity contribution in [3.63, 3.8) is 0 Å². The molecule has 1 N–H and O–H groups in total. The summed E-state index contributed by atoms with van der Waals surface area (Å²) >= 11 is 1.46. The number of carbonyl (C=O) groups excluding carboxylic acids is 1. The number of fused-ring (bicyclic) bond motifs is 1. The van der Waals surface area contributed by atoms with Gasteiger partial charge in [-0.2, -0.15) is 4.98 Å². The number of nitrogens with one attached hydrogen (secondary N) is 1. The highest BCUT2D eigenvalue weighted by Crippen LogP contribution is 2.43. The highest BCUT2D eigenvalue weighted by molar-refractivity contribution is 7.17. The minimum atomic E-state index is -0.308. The van der Waals surface area contributed by atoms with E-state index in [2.05, 4.69) is 15.5 Å². The third-order valence-corrected chi connectivity index (χ3v) is 6.08. The van der Waals surface area contributed by atoms with E-state index in [1.807, 2.05) is 20.8 Å². The van der Waals surface area contributed by atoms with E-state index in [1.165, 1.54) is 11.3 Å².